The van der Waals surface area contributed by atoms with E-state index in [2.05, 4.69) is 24.2 Å². The molecule has 1 rings (SSSR count). The molecule has 1 N–H and O–H groups in total. The Bertz CT molecular complexity index is 206. The maximum atomic E-state index is 3.43. The van der Waals surface area contributed by atoms with Crippen LogP contribution in [0.1, 0.15) is 84.0 Å². The molecular weight excluding hydrogens is 244 g/mol. The van der Waals surface area contributed by atoms with E-state index < -0.39 is 0 Å². The monoisotopic (exact) mass is 282 g/mol. The molecule has 120 valence electrons. The molecule has 20 heavy (non-hydrogen) atoms. The van der Waals surface area contributed by atoms with Crippen LogP contribution in [0.3, 0.4) is 0 Å². The van der Waals surface area contributed by atoms with Gasteiger partial charge in [-0.15, -0.1) is 0 Å². The summed E-state index contributed by atoms with van der Waals surface area (Å²) in [5.41, 5.74) is 0. The van der Waals surface area contributed by atoms with Crippen molar-refractivity contribution in [2.45, 2.75) is 90.0 Å². The van der Waals surface area contributed by atoms with Gasteiger partial charge in [-0.1, -0.05) is 64.7 Å². The molecule has 0 aromatic heterocycles. The first-order chi connectivity index (χ1) is 9.86. The van der Waals surface area contributed by atoms with E-state index in [1.807, 2.05) is 0 Å². The zero-order chi connectivity index (χ0) is 14.5. The van der Waals surface area contributed by atoms with Gasteiger partial charge in [0, 0.05) is 12.6 Å². The van der Waals surface area contributed by atoms with Crippen molar-refractivity contribution in [1.82, 2.24) is 10.2 Å². The van der Waals surface area contributed by atoms with Gasteiger partial charge in [0.15, 0.2) is 0 Å². The number of hydrogen-bond donors (Lipinski definition) is 1. The first-order valence-corrected chi connectivity index (χ1v) is 9.26. The zero-order valence-corrected chi connectivity index (χ0v) is 14.1. The normalized spacial score (nSPS) is 20.4. The molecule has 0 bridgehead atoms. The number of rotatable bonds is 12. The molecule has 0 aromatic rings. The summed E-state index contributed by atoms with van der Waals surface area (Å²) in [6, 6.07) is 0.742. The van der Waals surface area contributed by atoms with Crippen molar-refractivity contribution in [2.24, 2.45) is 0 Å². The van der Waals surface area contributed by atoms with Gasteiger partial charge in [-0.05, 0) is 39.4 Å². The Hall–Kier alpha value is -0.0800. The number of nitrogens with one attached hydrogen (secondary N) is 1. The average molecular weight is 283 g/mol. The van der Waals surface area contributed by atoms with Gasteiger partial charge < -0.3 is 10.2 Å². The smallest absolute Gasteiger partial charge is 0.0192 e. The molecule has 0 aliphatic carbocycles. The largest absolute Gasteiger partial charge is 0.316 e. The molecule has 1 heterocycles. The van der Waals surface area contributed by atoms with E-state index in [0.29, 0.717) is 0 Å². The maximum absolute atomic E-state index is 3.43. The van der Waals surface area contributed by atoms with Crippen LogP contribution in [0.25, 0.3) is 0 Å². The second-order valence-corrected chi connectivity index (χ2v) is 6.61. The third-order valence-electron chi connectivity index (χ3n) is 4.74. The average Bonchev–Trinajstić information content (AvgIpc) is 2.49. The highest BCUT2D eigenvalue weighted by Crippen LogP contribution is 2.13. The molecular formula is C18H38N2. The molecule has 0 amide bonds. The molecule has 2 heteroatoms. The molecule has 0 spiro atoms. The van der Waals surface area contributed by atoms with Crippen molar-refractivity contribution < 1.29 is 0 Å². The molecule has 1 saturated heterocycles. The highest BCUT2D eigenvalue weighted by molar-refractivity contribution is 4.76. The van der Waals surface area contributed by atoms with Gasteiger partial charge in [0.2, 0.25) is 0 Å². The molecule has 0 saturated carbocycles. The lowest BCUT2D eigenvalue weighted by Gasteiger charge is -2.32. The van der Waals surface area contributed by atoms with E-state index >= 15 is 0 Å². The summed E-state index contributed by atoms with van der Waals surface area (Å²) in [5.74, 6) is 0. The van der Waals surface area contributed by atoms with E-state index in [9.17, 15) is 0 Å². The second-order valence-electron chi connectivity index (χ2n) is 6.61. The maximum Gasteiger partial charge on any atom is 0.0192 e. The molecule has 1 atom stereocenters. The molecule has 1 aliphatic heterocycles. The highest BCUT2D eigenvalue weighted by atomic mass is 15.2. The number of hydrogen-bond acceptors (Lipinski definition) is 2. The summed E-state index contributed by atoms with van der Waals surface area (Å²) in [5, 5.41) is 3.43. The van der Waals surface area contributed by atoms with Gasteiger partial charge >= 0.3 is 0 Å². The van der Waals surface area contributed by atoms with Gasteiger partial charge in [0.05, 0.1) is 0 Å². The predicted molar refractivity (Wildman–Crippen MR) is 90.4 cm³/mol. The summed E-state index contributed by atoms with van der Waals surface area (Å²) in [6.07, 6.45) is 17.2. The number of likely N-dealkylation sites (N-methyl/N-ethyl adjacent to an activating group) is 1. The van der Waals surface area contributed by atoms with E-state index in [4.69, 9.17) is 0 Å². The lowest BCUT2D eigenvalue weighted by atomic mass is 10.0. The summed E-state index contributed by atoms with van der Waals surface area (Å²) >= 11 is 0. The third-order valence-corrected chi connectivity index (χ3v) is 4.74. The van der Waals surface area contributed by atoms with E-state index in [1.54, 1.807) is 0 Å². The summed E-state index contributed by atoms with van der Waals surface area (Å²) < 4.78 is 0. The molecule has 1 unspecified atom stereocenters. The predicted octanol–water partition coefficient (Wildman–Crippen LogP) is 4.59. The van der Waals surface area contributed by atoms with Crippen LogP contribution < -0.4 is 5.32 Å². The quantitative estimate of drug-likeness (QED) is 0.527. The lowest BCUT2D eigenvalue weighted by molar-refractivity contribution is 0.191. The summed E-state index contributed by atoms with van der Waals surface area (Å²) in [7, 11) is 2.11. The van der Waals surface area contributed by atoms with Crippen LogP contribution in [0.5, 0.6) is 0 Å². The van der Waals surface area contributed by atoms with Crippen LogP contribution in [0, 0.1) is 0 Å². The van der Waals surface area contributed by atoms with Crippen molar-refractivity contribution in [1.29, 1.82) is 0 Å². The van der Waals surface area contributed by atoms with Crippen molar-refractivity contribution >= 4 is 0 Å². The number of unbranched alkanes of at least 4 members (excludes halogenated alkanes) is 9. The number of likely N-dealkylation sites (tertiary alicyclic amines) is 1. The Kier molecular flexibility index (Phi) is 11.4. The Labute approximate surface area is 127 Å². The SMILES string of the molecule is CCCCCCCCCCCCN1CCCC(NC)C1. The Balaban J connectivity index is 1.82. The Morgan fingerprint density at radius 1 is 0.900 bits per heavy atom. The van der Waals surface area contributed by atoms with Crippen molar-refractivity contribution in [2.75, 3.05) is 26.7 Å². The van der Waals surface area contributed by atoms with Gasteiger partial charge in [0.1, 0.15) is 0 Å². The van der Waals surface area contributed by atoms with Gasteiger partial charge in [0.25, 0.3) is 0 Å². The van der Waals surface area contributed by atoms with Crippen LogP contribution in [-0.4, -0.2) is 37.6 Å². The molecule has 0 aromatic carbocycles. The minimum absolute atomic E-state index is 0.742. The van der Waals surface area contributed by atoms with Gasteiger partial charge in [-0.3, -0.25) is 0 Å². The van der Waals surface area contributed by atoms with Crippen molar-refractivity contribution in [3.8, 4) is 0 Å². The number of piperidine rings is 1. The van der Waals surface area contributed by atoms with Gasteiger partial charge in [-0.2, -0.15) is 0 Å². The zero-order valence-electron chi connectivity index (χ0n) is 14.1. The first kappa shape index (κ1) is 18.0. The van der Waals surface area contributed by atoms with E-state index in [-0.39, 0.29) is 0 Å². The molecule has 0 radical (unpaired) electrons. The topological polar surface area (TPSA) is 15.3 Å². The van der Waals surface area contributed by atoms with Crippen LogP contribution >= 0.6 is 0 Å². The highest BCUT2D eigenvalue weighted by Gasteiger charge is 2.17. The van der Waals surface area contributed by atoms with Gasteiger partial charge in [-0.25, -0.2) is 0 Å². The second kappa shape index (κ2) is 12.6. The summed E-state index contributed by atoms with van der Waals surface area (Å²) in [4.78, 5) is 2.66. The van der Waals surface area contributed by atoms with Crippen LogP contribution in [-0.2, 0) is 0 Å². The molecule has 1 fully saturated rings. The minimum atomic E-state index is 0.742. The van der Waals surface area contributed by atoms with Crippen molar-refractivity contribution in [3.05, 3.63) is 0 Å². The Morgan fingerprint density at radius 2 is 1.50 bits per heavy atom. The molecule has 1 aliphatic rings. The van der Waals surface area contributed by atoms with Crippen LogP contribution in [0.15, 0.2) is 0 Å². The fourth-order valence-corrected chi connectivity index (χ4v) is 3.32. The minimum Gasteiger partial charge on any atom is -0.316 e. The number of nitrogens with zero attached hydrogens (tertiary/aromatic N) is 1. The van der Waals surface area contributed by atoms with E-state index in [0.717, 1.165) is 6.04 Å². The molecule has 2 nitrogen and oxygen atoms in total. The van der Waals surface area contributed by atoms with E-state index in [1.165, 1.54) is 96.7 Å². The van der Waals surface area contributed by atoms with Crippen LogP contribution in [0.2, 0.25) is 0 Å². The third kappa shape index (κ3) is 8.97. The fraction of sp³-hybridized carbons (Fsp3) is 1.00. The fourth-order valence-electron chi connectivity index (χ4n) is 3.32. The Morgan fingerprint density at radius 3 is 2.10 bits per heavy atom. The first-order valence-electron chi connectivity index (χ1n) is 9.26. The standard InChI is InChI=1S/C18H38N2/c1-3-4-5-6-7-8-9-10-11-12-15-20-16-13-14-18(17-20)19-2/h18-19H,3-17H2,1-2H3. The lowest BCUT2D eigenvalue weighted by Crippen LogP contribution is -2.44. The van der Waals surface area contributed by atoms with Crippen molar-refractivity contribution in [3.63, 3.8) is 0 Å². The van der Waals surface area contributed by atoms with Crippen LogP contribution in [0.4, 0.5) is 0 Å². The summed E-state index contributed by atoms with van der Waals surface area (Å²) in [6.45, 7) is 6.22.